The van der Waals surface area contributed by atoms with Crippen LogP contribution in [-0.2, 0) is 16.6 Å². The Morgan fingerprint density at radius 3 is 2.48 bits per heavy atom. The molecule has 160 valence electrons. The lowest BCUT2D eigenvalue weighted by molar-refractivity contribution is -0.139. The third kappa shape index (κ3) is 6.18. The highest BCUT2D eigenvalue weighted by Crippen LogP contribution is 2.22. The Balaban J connectivity index is 1.50. The summed E-state index contributed by atoms with van der Waals surface area (Å²) < 4.78 is 2.09. The predicted octanol–water partition coefficient (Wildman–Crippen LogP) is 1.44. The Morgan fingerprint density at radius 1 is 1.07 bits per heavy atom. The van der Waals surface area contributed by atoms with Crippen LogP contribution in [0.15, 0.2) is 30.0 Å². The Labute approximate surface area is 174 Å². The Morgan fingerprint density at radius 2 is 1.83 bits per heavy atom. The normalized spacial score (nSPS) is 19.4. The SMILES string of the molecule is CN1CCN(C(CNC(=O)C(=O)NCCC2=CCCCC2)c2cccn2C)CC1. The molecule has 7 nitrogen and oxygen atoms in total. The Kier molecular flexibility index (Phi) is 7.89. The number of likely N-dealkylation sites (N-methyl/N-ethyl adjacent to an activating group) is 1. The number of piperazine rings is 1. The van der Waals surface area contributed by atoms with E-state index < -0.39 is 11.8 Å². The molecule has 2 aliphatic rings. The Hall–Kier alpha value is -2.12. The summed E-state index contributed by atoms with van der Waals surface area (Å²) >= 11 is 0. The van der Waals surface area contributed by atoms with Gasteiger partial charge in [0.1, 0.15) is 0 Å². The van der Waals surface area contributed by atoms with E-state index in [1.165, 1.54) is 18.4 Å². The first-order valence-corrected chi connectivity index (χ1v) is 10.8. The van der Waals surface area contributed by atoms with Crippen molar-refractivity contribution in [1.82, 2.24) is 25.0 Å². The van der Waals surface area contributed by atoms with Gasteiger partial charge in [0.2, 0.25) is 0 Å². The molecule has 1 atom stereocenters. The van der Waals surface area contributed by atoms with Gasteiger partial charge in [-0.1, -0.05) is 11.6 Å². The summed E-state index contributed by atoms with van der Waals surface area (Å²) in [6.45, 7) is 4.86. The van der Waals surface area contributed by atoms with Crippen LogP contribution in [0, 0.1) is 0 Å². The molecule has 0 spiro atoms. The third-order valence-corrected chi connectivity index (χ3v) is 6.08. The van der Waals surface area contributed by atoms with Crippen molar-refractivity contribution in [3.05, 3.63) is 35.7 Å². The number of amides is 2. The van der Waals surface area contributed by atoms with E-state index in [2.05, 4.69) is 44.2 Å². The van der Waals surface area contributed by atoms with Gasteiger partial charge in [0.05, 0.1) is 6.04 Å². The third-order valence-electron chi connectivity index (χ3n) is 6.08. The van der Waals surface area contributed by atoms with Crippen LogP contribution in [0.4, 0.5) is 0 Å². The molecule has 1 unspecified atom stereocenters. The second-order valence-corrected chi connectivity index (χ2v) is 8.22. The number of hydrogen-bond donors (Lipinski definition) is 2. The number of hydrogen-bond acceptors (Lipinski definition) is 4. The van der Waals surface area contributed by atoms with Crippen LogP contribution in [-0.4, -0.2) is 72.5 Å². The maximum absolute atomic E-state index is 12.3. The van der Waals surface area contributed by atoms with E-state index in [1.54, 1.807) is 0 Å². The molecule has 29 heavy (non-hydrogen) atoms. The van der Waals surface area contributed by atoms with Gasteiger partial charge in [0.15, 0.2) is 0 Å². The van der Waals surface area contributed by atoms with Crippen molar-refractivity contribution < 1.29 is 9.59 Å². The molecule has 2 heterocycles. The zero-order valence-corrected chi connectivity index (χ0v) is 17.8. The van der Waals surface area contributed by atoms with Gasteiger partial charge in [-0.2, -0.15) is 0 Å². The largest absolute Gasteiger partial charge is 0.353 e. The summed E-state index contributed by atoms with van der Waals surface area (Å²) in [6, 6.07) is 4.17. The van der Waals surface area contributed by atoms with E-state index in [-0.39, 0.29) is 6.04 Å². The fourth-order valence-electron chi connectivity index (χ4n) is 4.19. The van der Waals surface area contributed by atoms with Crippen LogP contribution >= 0.6 is 0 Å². The standard InChI is InChI=1S/C22H35N5O2/c1-25-13-15-27(16-14-25)20(19-9-6-12-26(19)2)17-24-22(29)21(28)23-11-10-18-7-4-3-5-8-18/h6-7,9,12,20H,3-5,8,10-11,13-17H2,1-2H3,(H,23,28)(H,24,29). The van der Waals surface area contributed by atoms with Crippen molar-refractivity contribution >= 4 is 11.8 Å². The molecule has 0 aromatic carbocycles. The van der Waals surface area contributed by atoms with Crippen LogP contribution in [0.3, 0.4) is 0 Å². The van der Waals surface area contributed by atoms with Gasteiger partial charge < -0.3 is 20.1 Å². The van der Waals surface area contributed by atoms with Gasteiger partial charge in [0.25, 0.3) is 0 Å². The molecule has 1 aliphatic carbocycles. The maximum atomic E-state index is 12.3. The number of nitrogens with one attached hydrogen (secondary N) is 2. The minimum absolute atomic E-state index is 0.0628. The number of allylic oxidation sites excluding steroid dienone is 1. The summed E-state index contributed by atoms with van der Waals surface area (Å²) in [5, 5.41) is 5.63. The maximum Gasteiger partial charge on any atom is 0.309 e. The number of aryl methyl sites for hydroxylation is 1. The van der Waals surface area contributed by atoms with Gasteiger partial charge in [-0.15, -0.1) is 0 Å². The fraction of sp³-hybridized carbons (Fsp3) is 0.636. The van der Waals surface area contributed by atoms with E-state index in [4.69, 9.17) is 0 Å². The summed E-state index contributed by atoms with van der Waals surface area (Å²) in [7, 11) is 4.15. The average molecular weight is 402 g/mol. The number of carbonyl (C=O) groups is 2. The zero-order valence-electron chi connectivity index (χ0n) is 17.8. The molecule has 3 rings (SSSR count). The quantitative estimate of drug-likeness (QED) is 0.536. The van der Waals surface area contributed by atoms with Crippen LogP contribution in [0.5, 0.6) is 0 Å². The number of carbonyl (C=O) groups excluding carboxylic acids is 2. The monoisotopic (exact) mass is 401 g/mol. The summed E-state index contributed by atoms with van der Waals surface area (Å²) in [5.74, 6) is -1.08. The molecule has 1 fully saturated rings. The fourth-order valence-corrected chi connectivity index (χ4v) is 4.19. The van der Waals surface area contributed by atoms with Crippen molar-refractivity contribution in [3.8, 4) is 0 Å². The smallest absolute Gasteiger partial charge is 0.309 e. The molecule has 7 heteroatoms. The molecular weight excluding hydrogens is 366 g/mol. The summed E-state index contributed by atoms with van der Waals surface area (Å²) in [4.78, 5) is 29.3. The first kappa shape index (κ1) is 21.6. The summed E-state index contributed by atoms with van der Waals surface area (Å²) in [6.07, 6.45) is 9.87. The first-order valence-electron chi connectivity index (χ1n) is 10.8. The van der Waals surface area contributed by atoms with E-state index in [0.717, 1.165) is 51.1 Å². The minimum Gasteiger partial charge on any atom is -0.353 e. The lowest BCUT2D eigenvalue weighted by atomic mass is 9.97. The van der Waals surface area contributed by atoms with Gasteiger partial charge in [-0.3, -0.25) is 14.5 Å². The topological polar surface area (TPSA) is 69.6 Å². The lowest BCUT2D eigenvalue weighted by Crippen LogP contribution is -2.50. The highest BCUT2D eigenvalue weighted by atomic mass is 16.2. The second-order valence-electron chi connectivity index (χ2n) is 8.22. The van der Waals surface area contributed by atoms with Crippen LogP contribution in [0.2, 0.25) is 0 Å². The Bertz CT molecular complexity index is 719. The zero-order chi connectivity index (χ0) is 20.6. The van der Waals surface area contributed by atoms with Crippen molar-refractivity contribution in [2.75, 3.05) is 46.3 Å². The van der Waals surface area contributed by atoms with Crippen molar-refractivity contribution in [2.24, 2.45) is 7.05 Å². The molecule has 1 aliphatic heterocycles. The van der Waals surface area contributed by atoms with Crippen LogP contribution < -0.4 is 10.6 Å². The molecule has 1 aromatic heterocycles. The van der Waals surface area contributed by atoms with Gasteiger partial charge in [0, 0.05) is 58.2 Å². The highest BCUT2D eigenvalue weighted by Gasteiger charge is 2.26. The first-order chi connectivity index (χ1) is 14.0. The predicted molar refractivity (Wildman–Crippen MR) is 114 cm³/mol. The molecule has 0 saturated carbocycles. The number of rotatable bonds is 7. The van der Waals surface area contributed by atoms with Crippen molar-refractivity contribution in [1.29, 1.82) is 0 Å². The van der Waals surface area contributed by atoms with E-state index in [0.29, 0.717) is 13.1 Å². The molecule has 1 aromatic rings. The van der Waals surface area contributed by atoms with Crippen LogP contribution in [0.1, 0.15) is 43.8 Å². The molecule has 0 radical (unpaired) electrons. The van der Waals surface area contributed by atoms with E-state index in [9.17, 15) is 9.59 Å². The molecule has 0 bridgehead atoms. The number of nitrogens with zero attached hydrogens (tertiary/aromatic N) is 3. The van der Waals surface area contributed by atoms with Crippen molar-refractivity contribution in [2.45, 2.75) is 38.1 Å². The van der Waals surface area contributed by atoms with Crippen LogP contribution in [0.25, 0.3) is 0 Å². The van der Waals surface area contributed by atoms with E-state index in [1.807, 2.05) is 19.3 Å². The minimum atomic E-state index is -0.545. The van der Waals surface area contributed by atoms with Gasteiger partial charge in [-0.25, -0.2) is 0 Å². The van der Waals surface area contributed by atoms with Gasteiger partial charge >= 0.3 is 11.8 Å². The molecule has 2 amide bonds. The molecular formula is C22H35N5O2. The molecule has 2 N–H and O–H groups in total. The van der Waals surface area contributed by atoms with Crippen molar-refractivity contribution in [3.63, 3.8) is 0 Å². The molecule has 1 saturated heterocycles. The second kappa shape index (κ2) is 10.6. The lowest BCUT2D eigenvalue weighted by Gasteiger charge is -2.38. The highest BCUT2D eigenvalue weighted by molar-refractivity contribution is 6.35. The number of aromatic nitrogens is 1. The summed E-state index contributed by atoms with van der Waals surface area (Å²) in [5.41, 5.74) is 2.55. The van der Waals surface area contributed by atoms with E-state index >= 15 is 0 Å². The average Bonchev–Trinajstić information content (AvgIpc) is 3.15. The van der Waals surface area contributed by atoms with Gasteiger partial charge in [-0.05, 0) is 51.3 Å².